The second-order valence-corrected chi connectivity index (χ2v) is 7.50. The summed E-state index contributed by atoms with van der Waals surface area (Å²) in [5.74, 6) is -1.20. The van der Waals surface area contributed by atoms with E-state index >= 15 is 0 Å². The molecule has 2 aliphatic rings. The van der Waals surface area contributed by atoms with Gasteiger partial charge in [0.2, 0.25) is 5.91 Å². The molecule has 0 radical (unpaired) electrons. The van der Waals surface area contributed by atoms with Gasteiger partial charge in [-0.3, -0.25) is 9.59 Å². The molecule has 1 aromatic rings. The van der Waals surface area contributed by atoms with Crippen molar-refractivity contribution in [3.05, 3.63) is 28.2 Å². The first kappa shape index (κ1) is 16.3. The standard InChI is InChI=1S/C17H20BrNO4/c1-17(7-3-2-4-13(17)16(21)22)19-15(20)12-9-23-14-6-5-10(18)8-11(12)14/h5-6,8,12-13H,2-4,7,9H2,1H3,(H,19,20)(H,21,22). The number of hydrogen-bond acceptors (Lipinski definition) is 3. The lowest BCUT2D eigenvalue weighted by molar-refractivity contribution is -0.146. The SMILES string of the molecule is CC1(NC(=O)C2COc3ccc(Br)cc32)CCCCC1C(=O)O. The number of ether oxygens (including phenoxy) is 1. The van der Waals surface area contributed by atoms with Crippen LogP contribution >= 0.6 is 15.9 Å². The lowest BCUT2D eigenvalue weighted by Gasteiger charge is -2.40. The molecule has 1 amide bonds. The summed E-state index contributed by atoms with van der Waals surface area (Å²) < 4.78 is 6.48. The number of carbonyl (C=O) groups is 2. The summed E-state index contributed by atoms with van der Waals surface area (Å²) in [4.78, 5) is 24.3. The molecule has 1 aliphatic carbocycles. The smallest absolute Gasteiger partial charge is 0.308 e. The maximum atomic E-state index is 12.8. The minimum absolute atomic E-state index is 0.155. The molecule has 1 aromatic carbocycles. The second-order valence-electron chi connectivity index (χ2n) is 6.59. The lowest BCUT2D eigenvalue weighted by Crippen LogP contribution is -2.56. The van der Waals surface area contributed by atoms with Crippen molar-refractivity contribution in [2.75, 3.05) is 6.61 Å². The third-order valence-electron chi connectivity index (χ3n) is 4.98. The van der Waals surface area contributed by atoms with Gasteiger partial charge in [0.25, 0.3) is 0 Å². The molecule has 1 saturated carbocycles. The molecule has 124 valence electrons. The van der Waals surface area contributed by atoms with Crippen molar-refractivity contribution >= 4 is 27.8 Å². The predicted octanol–water partition coefficient (Wildman–Crippen LogP) is 3.07. The fourth-order valence-corrected chi connectivity index (χ4v) is 4.03. The van der Waals surface area contributed by atoms with E-state index in [4.69, 9.17) is 4.74 Å². The van der Waals surface area contributed by atoms with E-state index in [1.165, 1.54) is 0 Å². The number of benzene rings is 1. The lowest BCUT2D eigenvalue weighted by atomic mass is 9.73. The highest BCUT2D eigenvalue weighted by Gasteiger charge is 2.44. The average Bonchev–Trinajstić information content (AvgIpc) is 2.89. The molecule has 0 saturated heterocycles. The van der Waals surface area contributed by atoms with E-state index in [9.17, 15) is 14.7 Å². The summed E-state index contributed by atoms with van der Waals surface area (Å²) in [6.45, 7) is 2.14. The topological polar surface area (TPSA) is 75.6 Å². The van der Waals surface area contributed by atoms with Crippen LogP contribution in [-0.4, -0.2) is 29.1 Å². The highest BCUT2D eigenvalue weighted by molar-refractivity contribution is 9.10. The number of halogens is 1. The van der Waals surface area contributed by atoms with E-state index in [-0.39, 0.29) is 5.91 Å². The van der Waals surface area contributed by atoms with Gasteiger partial charge < -0.3 is 15.2 Å². The van der Waals surface area contributed by atoms with Crippen molar-refractivity contribution in [1.82, 2.24) is 5.32 Å². The summed E-state index contributed by atoms with van der Waals surface area (Å²) >= 11 is 3.41. The van der Waals surface area contributed by atoms with Crippen molar-refractivity contribution in [2.24, 2.45) is 5.92 Å². The first-order chi connectivity index (χ1) is 10.9. The fourth-order valence-electron chi connectivity index (χ4n) is 3.65. The van der Waals surface area contributed by atoms with Gasteiger partial charge in [0.15, 0.2) is 0 Å². The summed E-state index contributed by atoms with van der Waals surface area (Å²) in [7, 11) is 0. The Morgan fingerprint density at radius 2 is 2.17 bits per heavy atom. The molecule has 2 N–H and O–H groups in total. The third-order valence-corrected chi connectivity index (χ3v) is 5.48. The van der Waals surface area contributed by atoms with E-state index < -0.39 is 23.3 Å². The predicted molar refractivity (Wildman–Crippen MR) is 88.5 cm³/mol. The Hall–Kier alpha value is -1.56. The number of rotatable bonds is 3. The molecule has 3 rings (SSSR count). The number of carbonyl (C=O) groups excluding carboxylic acids is 1. The maximum Gasteiger partial charge on any atom is 0.308 e. The van der Waals surface area contributed by atoms with E-state index in [0.29, 0.717) is 19.4 Å². The highest BCUT2D eigenvalue weighted by atomic mass is 79.9. The van der Waals surface area contributed by atoms with Crippen LogP contribution in [0.3, 0.4) is 0 Å². The number of carboxylic acids is 1. The van der Waals surface area contributed by atoms with Crippen LogP contribution in [0.25, 0.3) is 0 Å². The molecule has 3 atom stereocenters. The normalized spacial score (nSPS) is 29.5. The molecule has 23 heavy (non-hydrogen) atoms. The number of amides is 1. The van der Waals surface area contributed by atoms with Gasteiger partial charge >= 0.3 is 5.97 Å². The van der Waals surface area contributed by atoms with Gasteiger partial charge in [-0.2, -0.15) is 0 Å². The molecule has 1 heterocycles. The molecule has 1 aliphatic heterocycles. The van der Waals surface area contributed by atoms with Gasteiger partial charge in [-0.1, -0.05) is 28.8 Å². The van der Waals surface area contributed by atoms with Crippen molar-refractivity contribution in [3.63, 3.8) is 0 Å². The molecule has 6 heteroatoms. The van der Waals surface area contributed by atoms with Gasteiger partial charge in [-0.05, 0) is 38.0 Å². The van der Waals surface area contributed by atoms with Crippen LogP contribution in [-0.2, 0) is 9.59 Å². The van der Waals surface area contributed by atoms with Gasteiger partial charge in [0, 0.05) is 10.0 Å². The molecule has 0 bridgehead atoms. The zero-order valence-corrected chi connectivity index (χ0v) is 14.6. The molecule has 1 fully saturated rings. The molecular formula is C17H20BrNO4. The molecule has 5 nitrogen and oxygen atoms in total. The Kier molecular flexibility index (Phi) is 4.36. The molecule has 0 spiro atoms. The summed E-state index contributed by atoms with van der Waals surface area (Å²) in [5.41, 5.74) is 0.152. The minimum atomic E-state index is -0.835. The Morgan fingerprint density at radius 3 is 2.91 bits per heavy atom. The third kappa shape index (κ3) is 3.09. The maximum absolute atomic E-state index is 12.8. The van der Waals surface area contributed by atoms with Gasteiger partial charge in [-0.25, -0.2) is 0 Å². The first-order valence-corrected chi connectivity index (χ1v) is 8.67. The Balaban J connectivity index is 1.80. The average molecular weight is 382 g/mol. The van der Waals surface area contributed by atoms with Crippen LogP contribution in [0.15, 0.2) is 22.7 Å². The fraction of sp³-hybridized carbons (Fsp3) is 0.529. The summed E-state index contributed by atoms with van der Waals surface area (Å²) in [5, 5.41) is 12.5. The van der Waals surface area contributed by atoms with E-state index in [2.05, 4.69) is 21.2 Å². The van der Waals surface area contributed by atoms with Crippen LogP contribution in [0.1, 0.15) is 44.1 Å². The molecule has 3 unspecified atom stereocenters. The largest absolute Gasteiger partial charge is 0.492 e. The number of hydrogen-bond donors (Lipinski definition) is 2. The van der Waals surface area contributed by atoms with Crippen molar-refractivity contribution in [2.45, 2.75) is 44.1 Å². The van der Waals surface area contributed by atoms with Crippen LogP contribution in [0, 0.1) is 5.92 Å². The van der Waals surface area contributed by atoms with Crippen LogP contribution in [0.2, 0.25) is 0 Å². The molecule has 0 aromatic heterocycles. The zero-order chi connectivity index (χ0) is 16.6. The van der Waals surface area contributed by atoms with Crippen LogP contribution in [0.4, 0.5) is 0 Å². The van der Waals surface area contributed by atoms with Gasteiger partial charge in [0.05, 0.1) is 11.5 Å². The van der Waals surface area contributed by atoms with Crippen LogP contribution in [0.5, 0.6) is 5.75 Å². The second kappa shape index (κ2) is 6.15. The highest BCUT2D eigenvalue weighted by Crippen LogP contribution is 2.38. The zero-order valence-electron chi connectivity index (χ0n) is 13.0. The first-order valence-electron chi connectivity index (χ1n) is 7.88. The van der Waals surface area contributed by atoms with Gasteiger partial charge in [0.1, 0.15) is 18.3 Å². The van der Waals surface area contributed by atoms with Gasteiger partial charge in [-0.15, -0.1) is 0 Å². The number of aliphatic carboxylic acids is 1. The Morgan fingerprint density at radius 1 is 1.39 bits per heavy atom. The van der Waals surface area contributed by atoms with Crippen molar-refractivity contribution in [1.29, 1.82) is 0 Å². The Labute approximate surface area is 143 Å². The summed E-state index contributed by atoms with van der Waals surface area (Å²) in [6.07, 6.45) is 3.12. The molecular weight excluding hydrogens is 362 g/mol. The quantitative estimate of drug-likeness (QED) is 0.843. The number of fused-ring (bicyclic) bond motifs is 1. The monoisotopic (exact) mass is 381 g/mol. The number of nitrogens with one attached hydrogen (secondary N) is 1. The van der Waals surface area contributed by atoms with E-state index in [1.54, 1.807) is 0 Å². The minimum Gasteiger partial charge on any atom is -0.492 e. The Bertz CT molecular complexity index is 647. The van der Waals surface area contributed by atoms with Crippen molar-refractivity contribution in [3.8, 4) is 5.75 Å². The van der Waals surface area contributed by atoms with E-state index in [0.717, 1.165) is 28.6 Å². The summed E-state index contributed by atoms with van der Waals surface area (Å²) in [6, 6.07) is 5.61. The van der Waals surface area contributed by atoms with E-state index in [1.807, 2.05) is 25.1 Å². The van der Waals surface area contributed by atoms with Crippen molar-refractivity contribution < 1.29 is 19.4 Å². The number of carboxylic acid groups (broad SMARTS) is 1. The van der Waals surface area contributed by atoms with Crippen LogP contribution < -0.4 is 10.1 Å².